The maximum absolute atomic E-state index is 9.93. The zero-order valence-corrected chi connectivity index (χ0v) is 11.1. The molecule has 0 radical (unpaired) electrons. The number of ether oxygens (including phenoxy) is 1. The first kappa shape index (κ1) is 14.4. The van der Waals surface area contributed by atoms with Gasteiger partial charge in [-0.1, -0.05) is 0 Å². The molecule has 2 heterocycles. The van der Waals surface area contributed by atoms with Crippen molar-refractivity contribution < 1.29 is 20.1 Å². The highest BCUT2D eigenvalue weighted by atomic mass is 32.1. The third-order valence-corrected chi connectivity index (χ3v) is 3.40. The number of guanidine groups is 1. The number of thiocarbonyl (C=S) groups is 1. The van der Waals surface area contributed by atoms with Crippen LogP contribution in [0, 0.1) is 0 Å². The van der Waals surface area contributed by atoms with Gasteiger partial charge in [0.15, 0.2) is 6.23 Å². The van der Waals surface area contributed by atoms with Gasteiger partial charge in [0.25, 0.3) is 0 Å². The normalized spacial score (nSPS) is 35.6. The number of nitrogens with zero attached hydrogens (tertiary/aromatic N) is 3. The van der Waals surface area contributed by atoms with Gasteiger partial charge in [0.2, 0.25) is 11.1 Å². The summed E-state index contributed by atoms with van der Waals surface area (Å²) in [7, 11) is 1.66. The number of hydrazine groups is 1. The summed E-state index contributed by atoms with van der Waals surface area (Å²) in [5.74, 6) is 6.14. The van der Waals surface area contributed by atoms with Gasteiger partial charge < -0.3 is 25.4 Å². The van der Waals surface area contributed by atoms with Crippen molar-refractivity contribution in [3.8, 4) is 0 Å². The lowest BCUT2D eigenvalue weighted by molar-refractivity contribution is -0.0804. The van der Waals surface area contributed by atoms with Gasteiger partial charge in [-0.2, -0.15) is 4.99 Å². The highest BCUT2D eigenvalue weighted by molar-refractivity contribution is 7.80. The molecule has 0 bridgehead atoms. The van der Waals surface area contributed by atoms with E-state index in [0.717, 1.165) is 0 Å². The molecule has 0 saturated carbocycles. The van der Waals surface area contributed by atoms with E-state index >= 15 is 0 Å². The smallest absolute Gasteiger partial charge is 0.217 e. The van der Waals surface area contributed by atoms with Crippen LogP contribution >= 0.6 is 12.2 Å². The van der Waals surface area contributed by atoms with Crippen molar-refractivity contribution >= 4 is 23.3 Å². The van der Waals surface area contributed by atoms with E-state index in [4.69, 9.17) is 27.9 Å². The third-order valence-electron chi connectivity index (χ3n) is 3.07. The molecule has 4 atom stereocenters. The van der Waals surface area contributed by atoms with Gasteiger partial charge in [0.05, 0.1) is 6.61 Å². The summed E-state index contributed by atoms with van der Waals surface area (Å²) >= 11 is 5.11. The minimum absolute atomic E-state index is 0.144. The second-order valence-corrected chi connectivity index (χ2v) is 4.64. The number of hydrogen-bond acceptors (Lipinski definition) is 8. The summed E-state index contributed by atoms with van der Waals surface area (Å²) in [5, 5.41) is 32.9. The molecule has 0 aromatic heterocycles. The number of aliphatic hydroxyl groups is 3. The number of hydrogen-bond donors (Lipinski definition) is 5. The molecule has 0 unspecified atom stereocenters. The minimum atomic E-state index is -1.20. The van der Waals surface area contributed by atoms with Crippen LogP contribution in [0.5, 0.6) is 0 Å². The van der Waals surface area contributed by atoms with E-state index in [1.165, 1.54) is 9.91 Å². The molecule has 0 amide bonds. The van der Waals surface area contributed by atoms with Crippen molar-refractivity contribution in [2.75, 3.05) is 20.3 Å². The number of rotatable bonds is 2. The fraction of sp³-hybridized carbons (Fsp3) is 0.778. The standard InChI is InChI=1S/C9H17N5O4S/c1-11-8-12-9(19)13(3-14(8)10)7-6(17)5(16)4(2-15)18-7/h4-7,15-17H,2-3,10H2,1H3,(H,11,12,19)/t4-,5-,6-,7-/m1/s1. The van der Waals surface area contributed by atoms with Crippen molar-refractivity contribution in [3.05, 3.63) is 0 Å². The maximum Gasteiger partial charge on any atom is 0.217 e. The molecule has 10 heteroatoms. The molecule has 0 aromatic carbocycles. The van der Waals surface area contributed by atoms with Crippen LogP contribution in [0.3, 0.4) is 0 Å². The highest BCUT2D eigenvalue weighted by Gasteiger charge is 2.47. The Morgan fingerprint density at radius 3 is 2.74 bits per heavy atom. The van der Waals surface area contributed by atoms with Gasteiger partial charge in [-0.15, -0.1) is 0 Å². The first-order valence-corrected chi connectivity index (χ1v) is 6.12. The second-order valence-electron chi connectivity index (χ2n) is 4.28. The Balaban J connectivity index is 2.15. The summed E-state index contributed by atoms with van der Waals surface area (Å²) in [4.78, 5) is 5.49. The Labute approximate surface area is 115 Å². The van der Waals surface area contributed by atoms with E-state index in [0.29, 0.717) is 5.96 Å². The monoisotopic (exact) mass is 291 g/mol. The quantitative estimate of drug-likeness (QED) is 0.263. The van der Waals surface area contributed by atoms with Gasteiger partial charge in [-0.05, 0) is 12.2 Å². The largest absolute Gasteiger partial charge is 0.394 e. The van der Waals surface area contributed by atoms with Crippen LogP contribution in [-0.4, -0.2) is 81.2 Å². The molecule has 2 aliphatic rings. The number of aliphatic imine (C=N–C) groups is 1. The molecule has 0 aromatic rings. The lowest BCUT2D eigenvalue weighted by Crippen LogP contribution is -2.59. The summed E-state index contributed by atoms with van der Waals surface area (Å²) in [6.45, 7) is -0.252. The molecule has 0 aliphatic carbocycles. The molecule has 19 heavy (non-hydrogen) atoms. The van der Waals surface area contributed by atoms with Crippen LogP contribution in [0.25, 0.3) is 0 Å². The highest BCUT2D eigenvalue weighted by Crippen LogP contribution is 2.25. The lowest BCUT2D eigenvalue weighted by atomic mass is 10.1. The van der Waals surface area contributed by atoms with Crippen LogP contribution in [-0.2, 0) is 4.74 Å². The van der Waals surface area contributed by atoms with Crippen molar-refractivity contribution in [1.29, 1.82) is 0 Å². The summed E-state index contributed by atoms with van der Waals surface area (Å²) in [6, 6.07) is 0. The topological polar surface area (TPSA) is 127 Å². The van der Waals surface area contributed by atoms with Crippen LogP contribution in [0.2, 0.25) is 0 Å². The molecule has 9 nitrogen and oxygen atoms in total. The molecule has 1 fully saturated rings. The van der Waals surface area contributed by atoms with Crippen LogP contribution < -0.4 is 11.2 Å². The fourth-order valence-corrected chi connectivity index (χ4v) is 2.29. The Hall–Kier alpha value is -1.04. The van der Waals surface area contributed by atoms with E-state index in [1.807, 2.05) is 0 Å². The fourth-order valence-electron chi connectivity index (χ4n) is 2.04. The molecular weight excluding hydrogens is 274 g/mol. The molecule has 2 rings (SSSR count). The minimum Gasteiger partial charge on any atom is -0.394 e. The summed E-state index contributed by atoms with van der Waals surface area (Å²) in [6.07, 6.45) is -4.13. The first-order valence-electron chi connectivity index (χ1n) is 5.71. The van der Waals surface area contributed by atoms with E-state index < -0.39 is 31.1 Å². The van der Waals surface area contributed by atoms with Crippen molar-refractivity contribution in [2.24, 2.45) is 10.8 Å². The van der Waals surface area contributed by atoms with Gasteiger partial charge in [-0.25, -0.2) is 5.84 Å². The van der Waals surface area contributed by atoms with Crippen molar-refractivity contribution in [1.82, 2.24) is 15.2 Å². The lowest BCUT2D eigenvalue weighted by Gasteiger charge is -2.37. The maximum atomic E-state index is 9.93. The Morgan fingerprint density at radius 2 is 2.21 bits per heavy atom. The van der Waals surface area contributed by atoms with Crippen molar-refractivity contribution in [3.63, 3.8) is 0 Å². The average Bonchev–Trinajstić information content (AvgIpc) is 2.68. The molecule has 1 saturated heterocycles. The summed E-state index contributed by atoms with van der Waals surface area (Å²) in [5.41, 5.74) is 0. The SMILES string of the molecule is CNC1=NC(=S)N([C@@H]2O[C@H](CO)[C@@H](O)[C@H]2O)CN1N. The predicted octanol–water partition coefficient (Wildman–Crippen LogP) is -3.27. The number of aliphatic hydroxyl groups excluding tert-OH is 3. The average molecular weight is 291 g/mol. The predicted molar refractivity (Wildman–Crippen MR) is 69.6 cm³/mol. The van der Waals surface area contributed by atoms with Crippen LogP contribution in [0.1, 0.15) is 0 Å². The molecule has 0 spiro atoms. The molecule has 2 aliphatic heterocycles. The number of nitrogens with two attached hydrogens (primary N) is 1. The third kappa shape index (κ3) is 2.50. The van der Waals surface area contributed by atoms with E-state index in [1.54, 1.807) is 7.05 Å². The van der Waals surface area contributed by atoms with Crippen molar-refractivity contribution in [2.45, 2.75) is 24.5 Å². The van der Waals surface area contributed by atoms with Crippen LogP contribution in [0.4, 0.5) is 0 Å². The van der Waals surface area contributed by atoms with Crippen LogP contribution in [0.15, 0.2) is 4.99 Å². The first-order chi connectivity index (χ1) is 8.99. The van der Waals surface area contributed by atoms with E-state index in [-0.39, 0.29) is 11.8 Å². The Kier molecular flexibility index (Phi) is 4.18. The van der Waals surface area contributed by atoms with Gasteiger partial charge >= 0.3 is 0 Å². The van der Waals surface area contributed by atoms with Gasteiger partial charge in [0.1, 0.15) is 25.0 Å². The zero-order chi connectivity index (χ0) is 14.2. The Bertz CT molecular complexity index is 395. The van der Waals surface area contributed by atoms with Gasteiger partial charge in [0, 0.05) is 7.05 Å². The number of nitrogens with one attached hydrogen (secondary N) is 1. The zero-order valence-electron chi connectivity index (χ0n) is 10.3. The molecule has 108 valence electrons. The molecule has 6 N–H and O–H groups in total. The Morgan fingerprint density at radius 1 is 1.53 bits per heavy atom. The molecular formula is C9H17N5O4S. The van der Waals surface area contributed by atoms with Gasteiger partial charge in [-0.3, -0.25) is 9.91 Å². The second kappa shape index (κ2) is 5.53. The van der Waals surface area contributed by atoms with E-state index in [9.17, 15) is 10.2 Å². The summed E-state index contributed by atoms with van der Waals surface area (Å²) < 4.78 is 5.38. The van der Waals surface area contributed by atoms with E-state index in [2.05, 4.69) is 10.3 Å².